The first-order valence-electron chi connectivity index (χ1n) is 9.07. The van der Waals surface area contributed by atoms with Gasteiger partial charge < -0.3 is 25.0 Å². The summed E-state index contributed by atoms with van der Waals surface area (Å²) >= 11 is 0. The molecule has 2 aliphatic rings. The number of likely N-dealkylation sites (N-methyl/N-ethyl adjacent to an activating group) is 1. The number of hydrogen-bond acceptors (Lipinski definition) is 4. The highest BCUT2D eigenvalue weighted by atomic mass is 127. The molecule has 0 aromatic carbocycles. The third-order valence-corrected chi connectivity index (χ3v) is 4.20. The van der Waals surface area contributed by atoms with E-state index in [0.29, 0.717) is 5.96 Å². The number of hydrogen-bond donors (Lipinski definition) is 2. The largest absolute Gasteiger partial charge is 0.381 e. The Hall–Kier alpha value is -0.610. The van der Waals surface area contributed by atoms with Gasteiger partial charge in [0.05, 0.1) is 6.10 Å². The number of carbonyl (C=O) groups is 1. The maximum absolute atomic E-state index is 11.7. The number of ether oxygens (including phenoxy) is 2. The summed E-state index contributed by atoms with van der Waals surface area (Å²) in [5, 5.41) is 6.55. The molecular weight excluding hydrogens is 435 g/mol. The molecule has 1 amide bonds. The molecule has 2 rings (SSSR count). The molecule has 8 heteroatoms. The standard InChI is InChI=1S/C17H32N4O3.HI/c1-21(2)16(22)12-20-17(19-11-15-5-3-10-24-15)18-8-4-9-23-13-14-6-7-14;/h14-15H,3-13H2,1-2H3,(H2,18,19,20);1H. The molecule has 1 aliphatic heterocycles. The lowest BCUT2D eigenvalue weighted by Gasteiger charge is -2.16. The van der Waals surface area contributed by atoms with Crippen molar-refractivity contribution in [2.24, 2.45) is 10.9 Å². The van der Waals surface area contributed by atoms with Crippen molar-refractivity contribution in [1.82, 2.24) is 15.5 Å². The van der Waals surface area contributed by atoms with Crippen molar-refractivity contribution in [1.29, 1.82) is 0 Å². The zero-order chi connectivity index (χ0) is 17.2. The third kappa shape index (κ3) is 10.2. The van der Waals surface area contributed by atoms with Gasteiger partial charge in [0, 0.05) is 47.0 Å². The Morgan fingerprint density at radius 3 is 2.72 bits per heavy atom. The van der Waals surface area contributed by atoms with Crippen LogP contribution >= 0.6 is 24.0 Å². The molecule has 1 heterocycles. The van der Waals surface area contributed by atoms with Gasteiger partial charge in [-0.15, -0.1) is 24.0 Å². The molecular formula is C17H33IN4O3. The molecule has 1 unspecified atom stereocenters. The molecule has 1 saturated heterocycles. The lowest BCUT2D eigenvalue weighted by atomic mass is 10.2. The molecule has 0 radical (unpaired) electrons. The van der Waals surface area contributed by atoms with Crippen LogP contribution in [0.5, 0.6) is 0 Å². The van der Waals surface area contributed by atoms with Gasteiger partial charge in [0.2, 0.25) is 5.91 Å². The zero-order valence-electron chi connectivity index (χ0n) is 15.5. The van der Waals surface area contributed by atoms with Crippen LogP contribution in [-0.4, -0.2) is 76.4 Å². The van der Waals surface area contributed by atoms with E-state index >= 15 is 0 Å². The SMILES string of the molecule is CN(C)C(=O)CN=C(NCCCOCC1CC1)NCC1CCCO1.I. The van der Waals surface area contributed by atoms with Gasteiger partial charge in [-0.05, 0) is 38.0 Å². The summed E-state index contributed by atoms with van der Waals surface area (Å²) in [6, 6.07) is 0. The molecule has 1 saturated carbocycles. The first-order chi connectivity index (χ1) is 11.6. The maximum Gasteiger partial charge on any atom is 0.243 e. The Kier molecular flexibility index (Phi) is 11.4. The molecule has 0 bridgehead atoms. The zero-order valence-corrected chi connectivity index (χ0v) is 17.8. The molecule has 146 valence electrons. The number of carbonyl (C=O) groups excluding carboxylic acids is 1. The van der Waals surface area contributed by atoms with Crippen molar-refractivity contribution < 1.29 is 14.3 Å². The second kappa shape index (κ2) is 12.7. The molecule has 2 fully saturated rings. The molecule has 25 heavy (non-hydrogen) atoms. The second-order valence-corrected chi connectivity index (χ2v) is 6.77. The van der Waals surface area contributed by atoms with Crippen molar-refractivity contribution in [3.05, 3.63) is 0 Å². The van der Waals surface area contributed by atoms with Crippen molar-refractivity contribution in [3.8, 4) is 0 Å². The smallest absolute Gasteiger partial charge is 0.243 e. The fraction of sp³-hybridized carbons (Fsp3) is 0.882. The monoisotopic (exact) mass is 468 g/mol. The van der Waals surface area contributed by atoms with Crippen LogP contribution in [0.1, 0.15) is 32.1 Å². The van der Waals surface area contributed by atoms with Crippen LogP contribution in [-0.2, 0) is 14.3 Å². The first kappa shape index (κ1) is 22.4. The highest BCUT2D eigenvalue weighted by Gasteiger charge is 2.20. The van der Waals surface area contributed by atoms with E-state index in [4.69, 9.17) is 9.47 Å². The van der Waals surface area contributed by atoms with Crippen LogP contribution < -0.4 is 10.6 Å². The fourth-order valence-electron chi connectivity index (χ4n) is 2.39. The molecule has 1 aliphatic carbocycles. The van der Waals surface area contributed by atoms with Crippen LogP contribution in [0, 0.1) is 5.92 Å². The van der Waals surface area contributed by atoms with Gasteiger partial charge >= 0.3 is 0 Å². The molecule has 2 N–H and O–H groups in total. The third-order valence-electron chi connectivity index (χ3n) is 4.20. The van der Waals surface area contributed by atoms with Gasteiger partial charge in [-0.2, -0.15) is 0 Å². The average Bonchev–Trinajstić information content (AvgIpc) is 3.24. The van der Waals surface area contributed by atoms with Crippen molar-refractivity contribution in [2.45, 2.75) is 38.2 Å². The predicted octanol–water partition coefficient (Wildman–Crippen LogP) is 1.22. The van der Waals surface area contributed by atoms with E-state index in [0.717, 1.165) is 58.1 Å². The van der Waals surface area contributed by atoms with E-state index in [1.54, 1.807) is 19.0 Å². The highest BCUT2D eigenvalue weighted by Crippen LogP contribution is 2.28. The molecule has 7 nitrogen and oxygen atoms in total. The highest BCUT2D eigenvalue weighted by molar-refractivity contribution is 14.0. The number of rotatable bonds is 10. The Labute approximate surface area is 168 Å². The predicted molar refractivity (Wildman–Crippen MR) is 110 cm³/mol. The summed E-state index contributed by atoms with van der Waals surface area (Å²) < 4.78 is 11.2. The lowest BCUT2D eigenvalue weighted by molar-refractivity contribution is -0.127. The van der Waals surface area contributed by atoms with Crippen molar-refractivity contribution >= 4 is 35.8 Å². The topological polar surface area (TPSA) is 75.2 Å². The van der Waals surface area contributed by atoms with E-state index < -0.39 is 0 Å². The molecule has 0 spiro atoms. The van der Waals surface area contributed by atoms with Gasteiger partial charge in [-0.1, -0.05) is 0 Å². The Morgan fingerprint density at radius 1 is 1.28 bits per heavy atom. The molecule has 0 aromatic rings. The quantitative estimate of drug-likeness (QED) is 0.218. The fourth-order valence-corrected chi connectivity index (χ4v) is 2.39. The van der Waals surface area contributed by atoms with Gasteiger partial charge in [-0.3, -0.25) is 4.79 Å². The van der Waals surface area contributed by atoms with Crippen LogP contribution in [0.15, 0.2) is 4.99 Å². The summed E-state index contributed by atoms with van der Waals surface area (Å²) in [4.78, 5) is 17.6. The minimum atomic E-state index is -0.0130. The summed E-state index contributed by atoms with van der Waals surface area (Å²) in [6.07, 6.45) is 6.00. The number of aliphatic imine (C=N–C) groups is 1. The second-order valence-electron chi connectivity index (χ2n) is 6.77. The number of nitrogens with one attached hydrogen (secondary N) is 2. The minimum Gasteiger partial charge on any atom is -0.381 e. The molecule has 1 atom stereocenters. The van der Waals surface area contributed by atoms with Crippen LogP contribution in [0.2, 0.25) is 0 Å². The Morgan fingerprint density at radius 2 is 2.08 bits per heavy atom. The average molecular weight is 468 g/mol. The van der Waals surface area contributed by atoms with E-state index in [2.05, 4.69) is 15.6 Å². The van der Waals surface area contributed by atoms with Crippen molar-refractivity contribution in [3.63, 3.8) is 0 Å². The number of halogens is 1. The molecule has 0 aromatic heterocycles. The van der Waals surface area contributed by atoms with E-state index in [1.165, 1.54) is 12.8 Å². The van der Waals surface area contributed by atoms with Crippen LogP contribution in [0.25, 0.3) is 0 Å². The van der Waals surface area contributed by atoms with E-state index in [-0.39, 0.29) is 42.5 Å². The van der Waals surface area contributed by atoms with E-state index in [1.807, 2.05) is 0 Å². The van der Waals surface area contributed by atoms with Gasteiger partial charge in [0.1, 0.15) is 6.54 Å². The van der Waals surface area contributed by atoms with Crippen LogP contribution in [0.3, 0.4) is 0 Å². The maximum atomic E-state index is 11.7. The lowest BCUT2D eigenvalue weighted by Crippen LogP contribution is -2.42. The van der Waals surface area contributed by atoms with Gasteiger partial charge in [0.15, 0.2) is 5.96 Å². The summed E-state index contributed by atoms with van der Waals surface area (Å²) in [7, 11) is 3.48. The normalized spacial score (nSPS) is 20.1. The Balaban J connectivity index is 0.00000312. The van der Waals surface area contributed by atoms with Crippen molar-refractivity contribution in [2.75, 3.05) is 53.6 Å². The summed E-state index contributed by atoms with van der Waals surface area (Å²) in [5.41, 5.74) is 0. The number of nitrogens with zero attached hydrogens (tertiary/aromatic N) is 2. The number of amides is 1. The van der Waals surface area contributed by atoms with Gasteiger partial charge in [0.25, 0.3) is 0 Å². The minimum absolute atomic E-state index is 0. The summed E-state index contributed by atoms with van der Waals surface area (Å²) in [6.45, 7) is 4.14. The van der Waals surface area contributed by atoms with E-state index in [9.17, 15) is 4.79 Å². The Bertz CT molecular complexity index is 411. The number of guanidine groups is 1. The van der Waals surface area contributed by atoms with Crippen LogP contribution in [0.4, 0.5) is 0 Å². The summed E-state index contributed by atoms with van der Waals surface area (Å²) in [5.74, 6) is 1.46. The van der Waals surface area contributed by atoms with Gasteiger partial charge in [-0.25, -0.2) is 4.99 Å². The first-order valence-corrected chi connectivity index (χ1v) is 9.07.